The molecule has 0 atom stereocenters. The Labute approximate surface area is 158 Å². The number of nitrogens with one attached hydrogen (secondary N) is 2. The van der Waals surface area contributed by atoms with Crippen LogP contribution in [0.2, 0.25) is 5.02 Å². The summed E-state index contributed by atoms with van der Waals surface area (Å²) in [4.78, 5) is 0. The van der Waals surface area contributed by atoms with Crippen LogP contribution in [0.3, 0.4) is 0 Å². The van der Waals surface area contributed by atoms with Crippen LogP contribution in [0.5, 0.6) is 0 Å². The molecule has 3 aromatic rings. The Bertz CT molecular complexity index is 982. The van der Waals surface area contributed by atoms with E-state index >= 15 is 0 Å². The molecule has 0 spiro atoms. The number of halogens is 2. The van der Waals surface area contributed by atoms with Crippen molar-refractivity contribution in [3.63, 3.8) is 0 Å². The molecule has 0 aliphatic rings. The molecule has 26 heavy (non-hydrogen) atoms. The van der Waals surface area contributed by atoms with E-state index in [1.54, 1.807) is 6.07 Å². The van der Waals surface area contributed by atoms with Crippen molar-refractivity contribution < 1.29 is 4.39 Å². The highest BCUT2D eigenvalue weighted by Crippen LogP contribution is 2.21. The van der Waals surface area contributed by atoms with E-state index in [0.717, 1.165) is 18.8 Å². The fourth-order valence-corrected chi connectivity index (χ4v) is 3.08. The molecule has 3 nitrogen and oxygen atoms in total. The van der Waals surface area contributed by atoms with Gasteiger partial charge in [-0.25, -0.2) is 4.39 Å². The largest absolute Gasteiger partial charge is 0.374 e. The van der Waals surface area contributed by atoms with E-state index in [1.807, 2.05) is 7.05 Å². The number of aromatic nitrogens is 1. The number of anilines is 1. The summed E-state index contributed by atoms with van der Waals surface area (Å²) in [7, 11) is 1.94. The van der Waals surface area contributed by atoms with Crippen molar-refractivity contribution in [1.82, 2.24) is 9.88 Å². The Morgan fingerprint density at radius 3 is 2.73 bits per heavy atom. The fourth-order valence-electron chi connectivity index (χ4n) is 2.97. The van der Waals surface area contributed by atoms with Gasteiger partial charge in [-0.15, -0.1) is 0 Å². The van der Waals surface area contributed by atoms with E-state index in [2.05, 4.69) is 58.2 Å². The predicted molar refractivity (Wildman–Crippen MR) is 107 cm³/mol. The van der Waals surface area contributed by atoms with Crippen LogP contribution in [0.25, 0.3) is 10.9 Å². The molecular weight excluding hydrogens is 349 g/mol. The molecule has 0 saturated heterocycles. The Balaban J connectivity index is 1.77. The third-order valence-corrected chi connectivity index (χ3v) is 4.49. The zero-order valence-electron chi connectivity index (χ0n) is 14.9. The van der Waals surface area contributed by atoms with Crippen molar-refractivity contribution in [1.29, 1.82) is 0 Å². The van der Waals surface area contributed by atoms with Crippen LogP contribution in [-0.2, 0) is 13.1 Å². The number of benzene rings is 2. The molecule has 5 heteroatoms. The van der Waals surface area contributed by atoms with Gasteiger partial charge in [0, 0.05) is 29.7 Å². The molecule has 134 valence electrons. The van der Waals surface area contributed by atoms with Crippen molar-refractivity contribution >= 4 is 28.2 Å². The number of hydrogen-bond donors (Lipinski definition) is 2. The monoisotopic (exact) mass is 369 g/mol. The Morgan fingerprint density at radius 2 is 2.00 bits per heavy atom. The highest BCUT2D eigenvalue weighted by molar-refractivity contribution is 6.30. The van der Waals surface area contributed by atoms with Crippen molar-refractivity contribution in [3.05, 3.63) is 64.6 Å². The van der Waals surface area contributed by atoms with Gasteiger partial charge in [-0.2, -0.15) is 0 Å². The topological polar surface area (TPSA) is 29.0 Å². The highest BCUT2D eigenvalue weighted by Gasteiger charge is 2.06. The third kappa shape index (κ3) is 4.01. The second-order valence-electron chi connectivity index (χ2n) is 5.98. The lowest BCUT2D eigenvalue weighted by molar-refractivity contribution is 0.629. The molecule has 0 aliphatic carbocycles. The smallest absolute Gasteiger partial charge is 0.143 e. The molecule has 1 heterocycles. The van der Waals surface area contributed by atoms with Gasteiger partial charge in [0.25, 0.3) is 0 Å². The molecule has 0 radical (unpaired) electrons. The minimum Gasteiger partial charge on any atom is -0.374 e. The van der Waals surface area contributed by atoms with Crippen LogP contribution in [0.15, 0.2) is 42.5 Å². The van der Waals surface area contributed by atoms with Gasteiger partial charge in [0.05, 0.1) is 17.3 Å². The summed E-state index contributed by atoms with van der Waals surface area (Å²) in [6.45, 7) is 4.24. The van der Waals surface area contributed by atoms with Crippen LogP contribution >= 0.6 is 11.6 Å². The molecular formula is C21H21ClFN3. The van der Waals surface area contributed by atoms with Crippen molar-refractivity contribution in [2.75, 3.05) is 18.9 Å². The summed E-state index contributed by atoms with van der Waals surface area (Å²) in [5, 5.41) is 7.57. The van der Waals surface area contributed by atoms with Crippen LogP contribution < -0.4 is 10.6 Å². The Hall–Kier alpha value is -2.48. The average molecular weight is 370 g/mol. The van der Waals surface area contributed by atoms with E-state index in [1.165, 1.54) is 28.6 Å². The second-order valence-corrected chi connectivity index (χ2v) is 6.39. The van der Waals surface area contributed by atoms with Gasteiger partial charge in [0.15, 0.2) is 0 Å². The summed E-state index contributed by atoms with van der Waals surface area (Å²) in [5.74, 6) is 5.89. The predicted octanol–water partition coefficient (Wildman–Crippen LogP) is 4.64. The summed E-state index contributed by atoms with van der Waals surface area (Å²) in [5.41, 5.74) is 4.07. The van der Waals surface area contributed by atoms with Gasteiger partial charge in [0.2, 0.25) is 0 Å². The number of rotatable bonds is 5. The van der Waals surface area contributed by atoms with Gasteiger partial charge in [-0.1, -0.05) is 23.6 Å². The number of fused-ring (bicyclic) bond motifs is 1. The lowest BCUT2D eigenvalue weighted by Crippen LogP contribution is -2.04. The molecule has 0 unspecified atom stereocenters. The second kappa shape index (κ2) is 8.27. The third-order valence-electron chi connectivity index (χ3n) is 4.18. The molecule has 0 fully saturated rings. The summed E-state index contributed by atoms with van der Waals surface area (Å²) in [6.07, 6.45) is 0. The van der Waals surface area contributed by atoms with Crippen LogP contribution in [0, 0.1) is 17.7 Å². The molecule has 0 bridgehead atoms. The maximum Gasteiger partial charge on any atom is 0.143 e. The first-order valence-electron chi connectivity index (χ1n) is 8.57. The van der Waals surface area contributed by atoms with Crippen molar-refractivity contribution in [2.45, 2.75) is 20.0 Å². The summed E-state index contributed by atoms with van der Waals surface area (Å²) < 4.78 is 15.6. The van der Waals surface area contributed by atoms with Gasteiger partial charge in [0.1, 0.15) is 5.82 Å². The SMILES string of the molecule is CCn1c(C#CCNc2ccc(Cl)c(F)c2)cc2cc(CNC)ccc21. The Morgan fingerprint density at radius 1 is 1.15 bits per heavy atom. The first-order valence-corrected chi connectivity index (χ1v) is 8.94. The minimum absolute atomic E-state index is 0.117. The maximum atomic E-state index is 13.4. The molecule has 2 aromatic carbocycles. The first-order chi connectivity index (χ1) is 12.6. The van der Waals surface area contributed by atoms with Gasteiger partial charge < -0.3 is 15.2 Å². The Kier molecular flexibility index (Phi) is 5.82. The van der Waals surface area contributed by atoms with Gasteiger partial charge in [-0.05, 0) is 61.9 Å². The zero-order valence-corrected chi connectivity index (χ0v) is 15.6. The van der Waals surface area contributed by atoms with E-state index < -0.39 is 5.82 Å². The first kappa shape index (κ1) is 18.3. The minimum atomic E-state index is -0.437. The molecule has 2 N–H and O–H groups in total. The zero-order chi connectivity index (χ0) is 18.5. The number of aryl methyl sites for hydroxylation is 1. The standard InChI is InChI=1S/C21H21ClFN3/c1-3-26-18(12-16-11-15(14-24-2)6-9-21(16)26)5-4-10-25-17-7-8-19(22)20(23)13-17/h6-9,11-13,24-25H,3,10,14H2,1-2H3. The molecule has 0 aliphatic heterocycles. The number of nitrogens with zero attached hydrogens (tertiary/aromatic N) is 1. The van der Waals surface area contributed by atoms with Crippen molar-refractivity contribution in [2.24, 2.45) is 0 Å². The summed E-state index contributed by atoms with van der Waals surface area (Å²) >= 11 is 5.69. The number of hydrogen-bond acceptors (Lipinski definition) is 2. The fraction of sp³-hybridized carbons (Fsp3) is 0.238. The molecule has 0 amide bonds. The maximum absolute atomic E-state index is 13.4. The van der Waals surface area contributed by atoms with E-state index in [4.69, 9.17) is 11.6 Å². The average Bonchev–Trinajstić information content (AvgIpc) is 2.98. The van der Waals surface area contributed by atoms with Gasteiger partial charge >= 0.3 is 0 Å². The van der Waals surface area contributed by atoms with E-state index in [0.29, 0.717) is 12.2 Å². The van der Waals surface area contributed by atoms with E-state index in [-0.39, 0.29) is 5.02 Å². The molecule has 1 aromatic heterocycles. The summed E-state index contributed by atoms with van der Waals surface area (Å²) in [6, 6.07) is 13.2. The normalized spacial score (nSPS) is 10.6. The van der Waals surface area contributed by atoms with Gasteiger partial charge in [-0.3, -0.25) is 0 Å². The van der Waals surface area contributed by atoms with Crippen LogP contribution in [0.1, 0.15) is 18.2 Å². The molecule has 3 rings (SSSR count). The quantitative estimate of drug-likeness (QED) is 0.642. The highest BCUT2D eigenvalue weighted by atomic mass is 35.5. The lowest BCUT2D eigenvalue weighted by atomic mass is 10.1. The molecule has 0 saturated carbocycles. The lowest BCUT2D eigenvalue weighted by Gasteiger charge is -2.05. The van der Waals surface area contributed by atoms with Crippen molar-refractivity contribution in [3.8, 4) is 11.8 Å². The van der Waals surface area contributed by atoms with Crippen LogP contribution in [-0.4, -0.2) is 18.2 Å². The van der Waals surface area contributed by atoms with Crippen LogP contribution in [0.4, 0.5) is 10.1 Å². The van der Waals surface area contributed by atoms with E-state index in [9.17, 15) is 4.39 Å².